The Morgan fingerprint density at radius 3 is 2.73 bits per heavy atom. The van der Waals surface area contributed by atoms with E-state index in [-0.39, 0.29) is 18.8 Å². The molecule has 1 N–H and O–H groups in total. The van der Waals surface area contributed by atoms with E-state index in [0.29, 0.717) is 13.0 Å². The Balaban J connectivity index is 2.10. The van der Waals surface area contributed by atoms with Crippen molar-refractivity contribution in [1.29, 1.82) is 0 Å². The molecule has 0 spiro atoms. The minimum Gasteiger partial charge on any atom is -0.443 e. The largest absolute Gasteiger partial charge is 0.443 e. The Morgan fingerprint density at radius 2 is 2.13 bits per heavy atom. The van der Waals surface area contributed by atoms with Gasteiger partial charge in [0, 0.05) is 18.7 Å². The van der Waals surface area contributed by atoms with E-state index >= 15 is 0 Å². The van der Waals surface area contributed by atoms with E-state index in [1.165, 1.54) is 0 Å². The van der Waals surface area contributed by atoms with E-state index in [0.717, 1.165) is 5.69 Å². The lowest BCUT2D eigenvalue weighted by Crippen LogP contribution is -2.43. The van der Waals surface area contributed by atoms with Crippen molar-refractivity contribution in [1.82, 2.24) is 0 Å². The zero-order valence-electron chi connectivity index (χ0n) is 8.30. The SMILES string of the molecule is O=C1OC(CO)CCN1c1ccccc1. The van der Waals surface area contributed by atoms with Crippen molar-refractivity contribution < 1.29 is 14.6 Å². The van der Waals surface area contributed by atoms with Crippen molar-refractivity contribution in [3.63, 3.8) is 0 Å². The molecule has 2 rings (SSSR count). The van der Waals surface area contributed by atoms with E-state index in [1.807, 2.05) is 30.3 Å². The molecule has 4 heteroatoms. The predicted molar refractivity (Wildman–Crippen MR) is 55.8 cm³/mol. The summed E-state index contributed by atoms with van der Waals surface area (Å²) in [7, 11) is 0. The topological polar surface area (TPSA) is 49.8 Å². The zero-order chi connectivity index (χ0) is 10.7. The molecule has 1 amide bonds. The molecule has 1 fully saturated rings. The van der Waals surface area contributed by atoms with Gasteiger partial charge in [0.25, 0.3) is 0 Å². The molecule has 0 bridgehead atoms. The molecule has 15 heavy (non-hydrogen) atoms. The molecule has 1 aliphatic heterocycles. The first-order valence-corrected chi connectivity index (χ1v) is 4.95. The number of rotatable bonds is 2. The molecule has 1 unspecified atom stereocenters. The van der Waals surface area contributed by atoms with Crippen molar-refractivity contribution in [3.8, 4) is 0 Å². The monoisotopic (exact) mass is 207 g/mol. The van der Waals surface area contributed by atoms with Gasteiger partial charge in [0.05, 0.1) is 6.61 Å². The number of carbonyl (C=O) groups excluding carboxylic acids is 1. The third kappa shape index (κ3) is 2.10. The van der Waals surface area contributed by atoms with Crippen LogP contribution in [0.3, 0.4) is 0 Å². The molecule has 0 saturated carbocycles. The number of aliphatic hydroxyl groups excluding tert-OH is 1. The Kier molecular flexibility index (Phi) is 2.87. The first-order valence-electron chi connectivity index (χ1n) is 4.95. The van der Waals surface area contributed by atoms with Crippen molar-refractivity contribution in [2.45, 2.75) is 12.5 Å². The van der Waals surface area contributed by atoms with Crippen LogP contribution in [0.1, 0.15) is 6.42 Å². The highest BCUT2D eigenvalue weighted by molar-refractivity contribution is 5.88. The van der Waals surface area contributed by atoms with Gasteiger partial charge in [0.1, 0.15) is 6.10 Å². The summed E-state index contributed by atoms with van der Waals surface area (Å²) >= 11 is 0. The maximum Gasteiger partial charge on any atom is 0.414 e. The molecule has 1 aliphatic rings. The first-order chi connectivity index (χ1) is 7.31. The van der Waals surface area contributed by atoms with E-state index in [9.17, 15) is 4.79 Å². The number of para-hydroxylation sites is 1. The molecule has 0 aliphatic carbocycles. The Labute approximate surface area is 88.1 Å². The van der Waals surface area contributed by atoms with Gasteiger partial charge in [0.15, 0.2) is 0 Å². The standard InChI is InChI=1S/C11H13NO3/c13-8-10-6-7-12(11(14)15-10)9-4-2-1-3-5-9/h1-5,10,13H,6-8H2. The number of hydrogen-bond donors (Lipinski definition) is 1. The Hall–Kier alpha value is -1.55. The molecule has 0 radical (unpaired) electrons. The normalized spacial score (nSPS) is 21.3. The van der Waals surface area contributed by atoms with Crippen molar-refractivity contribution in [2.75, 3.05) is 18.1 Å². The molecule has 80 valence electrons. The van der Waals surface area contributed by atoms with Crippen LogP contribution >= 0.6 is 0 Å². The molecule has 1 aromatic carbocycles. The number of nitrogens with zero attached hydrogens (tertiary/aromatic N) is 1. The average molecular weight is 207 g/mol. The molecule has 1 atom stereocenters. The fraction of sp³-hybridized carbons (Fsp3) is 0.364. The molecular formula is C11H13NO3. The van der Waals surface area contributed by atoms with Gasteiger partial charge in [0.2, 0.25) is 0 Å². The van der Waals surface area contributed by atoms with Gasteiger partial charge in [-0.3, -0.25) is 4.90 Å². The van der Waals surface area contributed by atoms with Crippen LogP contribution in [0.15, 0.2) is 30.3 Å². The molecule has 1 saturated heterocycles. The highest BCUT2D eigenvalue weighted by atomic mass is 16.6. The average Bonchev–Trinajstić information content (AvgIpc) is 2.30. The third-order valence-electron chi connectivity index (χ3n) is 2.43. The van der Waals surface area contributed by atoms with Gasteiger partial charge in [-0.05, 0) is 12.1 Å². The number of hydrogen-bond acceptors (Lipinski definition) is 3. The minimum atomic E-state index is -0.383. The van der Waals surface area contributed by atoms with Crippen LogP contribution in [0, 0.1) is 0 Å². The highest BCUT2D eigenvalue weighted by Gasteiger charge is 2.27. The number of anilines is 1. The highest BCUT2D eigenvalue weighted by Crippen LogP contribution is 2.20. The van der Waals surface area contributed by atoms with Crippen LogP contribution in [-0.2, 0) is 4.74 Å². The number of benzene rings is 1. The number of ether oxygens (including phenoxy) is 1. The zero-order valence-corrected chi connectivity index (χ0v) is 8.30. The Morgan fingerprint density at radius 1 is 1.40 bits per heavy atom. The molecule has 1 heterocycles. The number of cyclic esters (lactones) is 1. The van der Waals surface area contributed by atoms with E-state index in [2.05, 4.69) is 0 Å². The van der Waals surface area contributed by atoms with E-state index in [4.69, 9.17) is 9.84 Å². The lowest BCUT2D eigenvalue weighted by atomic mass is 10.2. The lowest BCUT2D eigenvalue weighted by Gasteiger charge is -2.30. The van der Waals surface area contributed by atoms with Gasteiger partial charge < -0.3 is 9.84 Å². The van der Waals surface area contributed by atoms with Crippen molar-refractivity contribution in [3.05, 3.63) is 30.3 Å². The van der Waals surface area contributed by atoms with Crippen LogP contribution in [-0.4, -0.2) is 30.5 Å². The fourth-order valence-corrected chi connectivity index (χ4v) is 1.60. The summed E-state index contributed by atoms with van der Waals surface area (Å²) in [5.74, 6) is 0. The van der Waals surface area contributed by atoms with Crippen LogP contribution < -0.4 is 4.90 Å². The molecular weight excluding hydrogens is 194 g/mol. The fourth-order valence-electron chi connectivity index (χ4n) is 1.60. The van der Waals surface area contributed by atoms with Crippen LogP contribution in [0.2, 0.25) is 0 Å². The first kappa shape index (κ1) is 9.98. The summed E-state index contributed by atoms with van der Waals surface area (Å²) < 4.78 is 5.04. The summed E-state index contributed by atoms with van der Waals surface area (Å²) in [6, 6.07) is 9.37. The van der Waals surface area contributed by atoms with Gasteiger partial charge in [-0.2, -0.15) is 0 Å². The van der Waals surface area contributed by atoms with E-state index < -0.39 is 0 Å². The number of aliphatic hydroxyl groups is 1. The van der Waals surface area contributed by atoms with Crippen LogP contribution in [0.25, 0.3) is 0 Å². The lowest BCUT2D eigenvalue weighted by molar-refractivity contribution is 0.0453. The second kappa shape index (κ2) is 4.31. The quantitative estimate of drug-likeness (QED) is 0.797. The molecule has 0 aromatic heterocycles. The summed E-state index contributed by atoms with van der Waals surface area (Å²) in [5.41, 5.74) is 0.832. The third-order valence-corrected chi connectivity index (χ3v) is 2.43. The van der Waals surface area contributed by atoms with Gasteiger partial charge in [-0.15, -0.1) is 0 Å². The summed E-state index contributed by atoms with van der Waals surface area (Å²) in [6.07, 6.45) is -0.0686. The van der Waals surface area contributed by atoms with Crippen LogP contribution in [0.5, 0.6) is 0 Å². The van der Waals surface area contributed by atoms with Crippen molar-refractivity contribution in [2.24, 2.45) is 0 Å². The van der Waals surface area contributed by atoms with Crippen LogP contribution in [0.4, 0.5) is 10.5 Å². The Bertz CT molecular complexity index is 339. The van der Waals surface area contributed by atoms with Gasteiger partial charge in [-0.1, -0.05) is 18.2 Å². The molecule has 4 nitrogen and oxygen atoms in total. The van der Waals surface area contributed by atoms with E-state index in [1.54, 1.807) is 4.90 Å². The smallest absolute Gasteiger partial charge is 0.414 e. The summed E-state index contributed by atoms with van der Waals surface area (Å²) in [5, 5.41) is 8.87. The van der Waals surface area contributed by atoms with Gasteiger partial charge in [-0.25, -0.2) is 4.79 Å². The minimum absolute atomic E-state index is 0.103. The second-order valence-corrected chi connectivity index (χ2v) is 3.46. The van der Waals surface area contributed by atoms with Gasteiger partial charge >= 0.3 is 6.09 Å². The summed E-state index contributed by atoms with van der Waals surface area (Å²) in [6.45, 7) is 0.489. The molecule has 1 aromatic rings. The van der Waals surface area contributed by atoms with Crippen molar-refractivity contribution >= 4 is 11.8 Å². The number of carbonyl (C=O) groups is 1. The summed E-state index contributed by atoms with van der Waals surface area (Å²) in [4.78, 5) is 13.1. The predicted octanol–water partition coefficient (Wildman–Crippen LogP) is 1.39. The maximum atomic E-state index is 11.6. The second-order valence-electron chi connectivity index (χ2n) is 3.46. The maximum absolute atomic E-state index is 11.6. The number of amides is 1.